The number of imidazole rings is 1. The van der Waals surface area contributed by atoms with E-state index >= 15 is 0 Å². The number of aromatic amines is 1. The molecule has 1 aliphatic rings. The highest BCUT2D eigenvalue weighted by Gasteiger charge is 2.34. The van der Waals surface area contributed by atoms with Crippen molar-refractivity contribution in [3.63, 3.8) is 0 Å². The number of H-pyrrole nitrogens is 1. The molecule has 22 heavy (non-hydrogen) atoms. The highest BCUT2D eigenvalue weighted by atomic mass is 32.2. The molecule has 1 fully saturated rings. The Labute approximate surface area is 126 Å². The fraction of sp³-hybridized carbons (Fsp3) is 0.385. The van der Waals surface area contributed by atoms with Gasteiger partial charge in [0.2, 0.25) is 0 Å². The Morgan fingerprint density at radius 2 is 2.27 bits per heavy atom. The van der Waals surface area contributed by atoms with Gasteiger partial charge in [-0.25, -0.2) is 18.2 Å². The Bertz CT molecular complexity index is 812. The van der Waals surface area contributed by atoms with Crippen LogP contribution in [-0.4, -0.2) is 41.9 Å². The summed E-state index contributed by atoms with van der Waals surface area (Å²) in [6.45, 7) is 2.23. The van der Waals surface area contributed by atoms with Gasteiger partial charge in [-0.2, -0.15) is 4.31 Å². The third kappa shape index (κ3) is 2.90. The quantitative estimate of drug-likeness (QED) is 0.878. The molecule has 1 unspecified atom stereocenters. The van der Waals surface area contributed by atoms with Gasteiger partial charge in [0.1, 0.15) is 17.6 Å². The van der Waals surface area contributed by atoms with Crippen molar-refractivity contribution in [2.75, 3.05) is 13.1 Å². The number of ether oxygens (including phenoxy) is 1. The van der Waals surface area contributed by atoms with Crippen LogP contribution in [0.2, 0.25) is 0 Å². The summed E-state index contributed by atoms with van der Waals surface area (Å²) in [7, 11) is -3.58. The van der Waals surface area contributed by atoms with E-state index in [0.717, 1.165) is 0 Å². The van der Waals surface area contributed by atoms with Gasteiger partial charge < -0.3 is 14.1 Å². The maximum atomic E-state index is 12.3. The minimum absolute atomic E-state index is 0.0596. The second kappa shape index (κ2) is 5.58. The van der Waals surface area contributed by atoms with E-state index in [1.54, 1.807) is 13.0 Å². The van der Waals surface area contributed by atoms with Crippen LogP contribution in [0.25, 0.3) is 0 Å². The largest absolute Gasteiger partial charge is 0.489 e. The first kappa shape index (κ1) is 14.8. The fourth-order valence-corrected chi connectivity index (χ4v) is 3.75. The number of aryl methyl sites for hydroxylation is 1. The number of hydrogen-bond donors (Lipinski definition) is 1. The molecule has 2 aromatic heterocycles. The molecule has 2 aromatic rings. The van der Waals surface area contributed by atoms with Crippen molar-refractivity contribution < 1.29 is 17.6 Å². The number of nitrogens with one attached hydrogen (secondary N) is 1. The zero-order chi connectivity index (χ0) is 15.7. The van der Waals surface area contributed by atoms with E-state index in [9.17, 15) is 13.2 Å². The normalized spacial score (nSPS) is 19.4. The number of hydrogen-bond acceptors (Lipinski definition) is 6. The Morgan fingerprint density at radius 3 is 2.95 bits per heavy atom. The first-order chi connectivity index (χ1) is 10.4. The summed E-state index contributed by atoms with van der Waals surface area (Å²) in [4.78, 5) is 17.6. The topological polar surface area (TPSA) is 105 Å². The molecule has 8 nitrogen and oxygen atoms in total. The maximum Gasteiger partial charge on any atom is 0.339 e. The lowest BCUT2D eigenvalue weighted by molar-refractivity contribution is 0.213. The smallest absolute Gasteiger partial charge is 0.339 e. The van der Waals surface area contributed by atoms with Crippen molar-refractivity contribution in [2.24, 2.45) is 0 Å². The predicted octanol–water partition coefficient (Wildman–Crippen LogP) is 0.513. The van der Waals surface area contributed by atoms with E-state index in [-0.39, 0.29) is 17.7 Å². The molecule has 1 atom stereocenters. The van der Waals surface area contributed by atoms with Gasteiger partial charge in [-0.1, -0.05) is 0 Å². The SMILES string of the molecule is Cc1cc(OC2CCN(S(=O)(=O)c3cnc[nH]3)C2)cc(=O)o1. The number of sulfonamides is 1. The minimum atomic E-state index is -3.58. The molecular formula is C13H15N3O5S. The average molecular weight is 325 g/mol. The second-order valence-corrected chi connectivity index (χ2v) is 6.94. The summed E-state index contributed by atoms with van der Waals surface area (Å²) in [5.74, 6) is 0.835. The molecule has 3 heterocycles. The lowest BCUT2D eigenvalue weighted by Gasteiger charge is -2.16. The molecule has 1 aliphatic heterocycles. The van der Waals surface area contributed by atoms with Crippen LogP contribution in [-0.2, 0) is 10.0 Å². The van der Waals surface area contributed by atoms with E-state index in [1.165, 1.54) is 22.9 Å². The minimum Gasteiger partial charge on any atom is -0.489 e. The molecule has 0 radical (unpaired) electrons. The van der Waals surface area contributed by atoms with Gasteiger partial charge in [-0.15, -0.1) is 0 Å². The van der Waals surface area contributed by atoms with E-state index in [2.05, 4.69) is 9.97 Å². The molecule has 3 rings (SSSR count). The van der Waals surface area contributed by atoms with Crippen molar-refractivity contribution in [1.29, 1.82) is 0 Å². The van der Waals surface area contributed by atoms with Gasteiger partial charge in [0, 0.05) is 12.6 Å². The number of rotatable bonds is 4. The molecule has 0 bridgehead atoms. The Kier molecular flexibility index (Phi) is 3.75. The van der Waals surface area contributed by atoms with Crippen LogP contribution in [0.4, 0.5) is 0 Å². The van der Waals surface area contributed by atoms with Gasteiger partial charge in [-0.05, 0) is 13.3 Å². The van der Waals surface area contributed by atoms with Gasteiger partial charge >= 0.3 is 5.63 Å². The van der Waals surface area contributed by atoms with Crippen LogP contribution >= 0.6 is 0 Å². The highest BCUT2D eigenvalue weighted by molar-refractivity contribution is 7.89. The van der Waals surface area contributed by atoms with Crippen molar-refractivity contribution in [3.05, 3.63) is 40.8 Å². The van der Waals surface area contributed by atoms with E-state index in [1.807, 2.05) is 0 Å². The molecule has 1 N–H and O–H groups in total. The monoisotopic (exact) mass is 325 g/mol. The zero-order valence-electron chi connectivity index (χ0n) is 11.9. The summed E-state index contributed by atoms with van der Waals surface area (Å²) in [5, 5.41) is 0.0596. The molecular weight excluding hydrogens is 310 g/mol. The van der Waals surface area contributed by atoms with Crippen molar-refractivity contribution >= 4 is 10.0 Å². The first-order valence-corrected chi connectivity index (χ1v) is 8.16. The number of nitrogens with zero attached hydrogens (tertiary/aromatic N) is 2. The molecule has 0 aromatic carbocycles. The van der Waals surface area contributed by atoms with Crippen molar-refractivity contribution in [1.82, 2.24) is 14.3 Å². The summed E-state index contributed by atoms with van der Waals surface area (Å²) in [5.41, 5.74) is -0.491. The molecule has 0 aliphatic carbocycles. The van der Waals surface area contributed by atoms with Crippen LogP contribution in [0, 0.1) is 6.92 Å². The Morgan fingerprint density at radius 1 is 1.45 bits per heavy atom. The van der Waals surface area contributed by atoms with Crippen LogP contribution in [0.15, 0.2) is 38.9 Å². The number of aromatic nitrogens is 2. The lowest BCUT2D eigenvalue weighted by atomic mass is 10.3. The third-order valence-electron chi connectivity index (χ3n) is 3.37. The Balaban J connectivity index is 1.71. The molecule has 0 amide bonds. The molecule has 1 saturated heterocycles. The molecule has 0 saturated carbocycles. The van der Waals surface area contributed by atoms with Gasteiger partial charge in [0.05, 0.1) is 25.1 Å². The highest BCUT2D eigenvalue weighted by Crippen LogP contribution is 2.22. The molecule has 0 spiro atoms. The van der Waals surface area contributed by atoms with E-state index < -0.39 is 15.6 Å². The van der Waals surface area contributed by atoms with Crippen molar-refractivity contribution in [2.45, 2.75) is 24.5 Å². The third-order valence-corrected chi connectivity index (χ3v) is 5.16. The van der Waals surface area contributed by atoms with E-state index in [4.69, 9.17) is 9.15 Å². The van der Waals surface area contributed by atoms with Crippen LogP contribution in [0.1, 0.15) is 12.2 Å². The summed E-state index contributed by atoms with van der Waals surface area (Å²) in [6, 6.07) is 2.85. The van der Waals surface area contributed by atoms with Crippen LogP contribution in [0.3, 0.4) is 0 Å². The molecule has 118 valence electrons. The van der Waals surface area contributed by atoms with Crippen LogP contribution < -0.4 is 10.4 Å². The summed E-state index contributed by atoms with van der Waals surface area (Å²) < 4.78 is 36.5. The fourth-order valence-electron chi connectivity index (χ4n) is 2.37. The average Bonchev–Trinajstić information content (AvgIpc) is 3.08. The van der Waals surface area contributed by atoms with Gasteiger partial charge in [-0.3, -0.25) is 0 Å². The maximum absolute atomic E-state index is 12.3. The van der Waals surface area contributed by atoms with Gasteiger partial charge in [0.25, 0.3) is 10.0 Å². The lowest BCUT2D eigenvalue weighted by Crippen LogP contribution is -2.31. The van der Waals surface area contributed by atoms with E-state index in [0.29, 0.717) is 24.5 Å². The Hall–Kier alpha value is -2.13. The van der Waals surface area contributed by atoms with Crippen LogP contribution in [0.5, 0.6) is 5.75 Å². The molecule has 9 heteroatoms. The summed E-state index contributed by atoms with van der Waals surface area (Å²) >= 11 is 0. The standard InChI is InChI=1S/C13H15N3O5S/c1-9-4-11(5-13(17)20-9)21-10-2-3-16(7-10)22(18,19)12-6-14-8-15-12/h4-6,8,10H,2-3,7H2,1H3,(H,14,15). The first-order valence-electron chi connectivity index (χ1n) is 6.72. The van der Waals surface area contributed by atoms with Gasteiger partial charge in [0.15, 0.2) is 5.03 Å². The van der Waals surface area contributed by atoms with Crippen molar-refractivity contribution in [3.8, 4) is 5.75 Å². The zero-order valence-corrected chi connectivity index (χ0v) is 12.7. The second-order valence-electron chi connectivity index (χ2n) is 5.03. The summed E-state index contributed by atoms with van der Waals surface area (Å²) in [6.07, 6.45) is 2.84. The predicted molar refractivity (Wildman–Crippen MR) is 76.1 cm³/mol.